The largest absolute Gasteiger partial charge is 0.285 e. The van der Waals surface area contributed by atoms with Crippen molar-refractivity contribution >= 4 is 10.1 Å². The van der Waals surface area contributed by atoms with Gasteiger partial charge in [-0.1, -0.05) is 152 Å². The number of hydrogen-bond acceptors (Lipinski definition) is 2. The van der Waals surface area contributed by atoms with Gasteiger partial charge in [-0.25, -0.2) is 0 Å². The lowest BCUT2D eigenvalue weighted by molar-refractivity contribution is 0.442. The van der Waals surface area contributed by atoms with Gasteiger partial charge in [-0.2, -0.15) is 8.42 Å². The molecule has 240 valence electrons. The molecule has 0 saturated heterocycles. The van der Waals surface area contributed by atoms with Crippen molar-refractivity contribution in [3.05, 3.63) is 48.6 Å². The first-order chi connectivity index (χ1) is 20.0. The summed E-state index contributed by atoms with van der Waals surface area (Å²) in [5, 5.41) is -0.570. The first kappa shape index (κ1) is 39.9. The van der Waals surface area contributed by atoms with Crippen molar-refractivity contribution in [1.82, 2.24) is 0 Å². The minimum Gasteiger partial charge on any atom is -0.285 e. The topological polar surface area (TPSA) is 54.4 Å². The summed E-state index contributed by atoms with van der Waals surface area (Å²) in [6.07, 6.45) is 47.9. The summed E-state index contributed by atoms with van der Waals surface area (Å²) in [6.45, 7) is 4.49. The van der Waals surface area contributed by atoms with E-state index in [0.717, 1.165) is 64.2 Å². The van der Waals surface area contributed by atoms with Crippen LogP contribution in [-0.4, -0.2) is 18.2 Å². The maximum Gasteiger partial charge on any atom is 0.267 e. The predicted molar refractivity (Wildman–Crippen MR) is 183 cm³/mol. The van der Waals surface area contributed by atoms with E-state index >= 15 is 0 Å². The van der Waals surface area contributed by atoms with Crippen molar-refractivity contribution in [1.29, 1.82) is 0 Å². The van der Waals surface area contributed by atoms with Gasteiger partial charge in [-0.15, -0.1) is 0 Å². The fourth-order valence-corrected chi connectivity index (χ4v) is 6.09. The molecule has 0 amide bonds. The van der Waals surface area contributed by atoms with E-state index < -0.39 is 15.4 Å². The van der Waals surface area contributed by atoms with Gasteiger partial charge >= 0.3 is 0 Å². The lowest BCUT2D eigenvalue weighted by Gasteiger charge is -2.13. The first-order valence-electron chi connectivity index (χ1n) is 17.6. The Labute approximate surface area is 257 Å². The normalized spacial score (nSPS) is 13.5. The number of unbranched alkanes of at least 4 members (excludes halogenated alkanes) is 18. The van der Waals surface area contributed by atoms with Crippen molar-refractivity contribution in [2.24, 2.45) is 0 Å². The quantitative estimate of drug-likeness (QED) is 0.0495. The third-order valence-electron chi connectivity index (χ3n) is 7.87. The second-order valence-corrected chi connectivity index (χ2v) is 13.6. The summed E-state index contributed by atoms with van der Waals surface area (Å²) in [5.41, 5.74) is 0. The highest BCUT2D eigenvalue weighted by Gasteiger charge is 2.21. The Bertz CT molecular complexity index is 700. The molecular weight excluding hydrogens is 524 g/mol. The number of rotatable bonds is 31. The van der Waals surface area contributed by atoms with Crippen molar-refractivity contribution < 1.29 is 13.0 Å². The van der Waals surface area contributed by atoms with E-state index in [1.54, 1.807) is 0 Å². The van der Waals surface area contributed by atoms with Gasteiger partial charge in [0.2, 0.25) is 0 Å². The van der Waals surface area contributed by atoms with Crippen LogP contribution in [0.1, 0.15) is 181 Å². The molecule has 0 bridgehead atoms. The summed E-state index contributed by atoms with van der Waals surface area (Å²) < 4.78 is 33.4. The SMILES string of the molecule is CCCCCC=CCC=CCCCCCCCCC(CCCCCCCCC=CCC=CCCCCC)S(=O)(=O)O. The number of hydrogen-bond donors (Lipinski definition) is 1. The zero-order chi connectivity index (χ0) is 30.1. The molecule has 0 aliphatic carbocycles. The molecule has 0 fully saturated rings. The maximum absolute atomic E-state index is 11.8. The van der Waals surface area contributed by atoms with E-state index in [4.69, 9.17) is 0 Å². The first-order valence-corrected chi connectivity index (χ1v) is 19.1. The Morgan fingerprint density at radius 3 is 1.05 bits per heavy atom. The zero-order valence-electron chi connectivity index (χ0n) is 27.3. The van der Waals surface area contributed by atoms with E-state index in [2.05, 4.69) is 62.5 Å². The molecule has 0 heterocycles. The van der Waals surface area contributed by atoms with Gasteiger partial charge in [-0.05, 0) is 77.0 Å². The molecule has 0 saturated carbocycles. The highest BCUT2D eigenvalue weighted by atomic mass is 32.2. The average molecular weight is 593 g/mol. The molecule has 0 aliphatic rings. The molecule has 0 aromatic carbocycles. The van der Waals surface area contributed by atoms with Gasteiger partial charge in [0.25, 0.3) is 10.1 Å². The molecule has 0 rings (SSSR count). The van der Waals surface area contributed by atoms with Crippen LogP contribution in [-0.2, 0) is 10.1 Å². The van der Waals surface area contributed by atoms with Gasteiger partial charge in [0.05, 0.1) is 5.25 Å². The fraction of sp³-hybridized carbons (Fsp3) is 0.784. The molecule has 3 nitrogen and oxygen atoms in total. The maximum atomic E-state index is 11.8. The van der Waals surface area contributed by atoms with Gasteiger partial charge in [0, 0.05) is 0 Å². The van der Waals surface area contributed by atoms with Crippen LogP contribution in [0.5, 0.6) is 0 Å². The monoisotopic (exact) mass is 592 g/mol. The summed E-state index contributed by atoms with van der Waals surface area (Å²) in [4.78, 5) is 0. The van der Waals surface area contributed by atoms with E-state index in [9.17, 15) is 13.0 Å². The predicted octanol–water partition coefficient (Wildman–Crippen LogP) is 12.6. The van der Waals surface area contributed by atoms with Gasteiger partial charge in [0.15, 0.2) is 0 Å². The molecule has 0 unspecified atom stereocenters. The van der Waals surface area contributed by atoms with Crippen LogP contribution in [0.15, 0.2) is 48.6 Å². The zero-order valence-corrected chi connectivity index (χ0v) is 28.1. The summed E-state index contributed by atoms with van der Waals surface area (Å²) >= 11 is 0. The summed E-state index contributed by atoms with van der Waals surface area (Å²) in [6, 6.07) is 0. The third-order valence-corrected chi connectivity index (χ3v) is 9.19. The Kier molecular flexibility index (Phi) is 30.9. The van der Waals surface area contributed by atoms with E-state index in [1.807, 2.05) is 0 Å². The van der Waals surface area contributed by atoms with Crippen LogP contribution in [0.4, 0.5) is 0 Å². The molecule has 0 spiro atoms. The summed E-state index contributed by atoms with van der Waals surface area (Å²) in [5.74, 6) is 0. The third kappa shape index (κ3) is 31.6. The van der Waals surface area contributed by atoms with Crippen LogP contribution >= 0.6 is 0 Å². The van der Waals surface area contributed by atoms with Gasteiger partial charge < -0.3 is 0 Å². The van der Waals surface area contributed by atoms with Crippen LogP contribution < -0.4 is 0 Å². The lowest BCUT2D eigenvalue weighted by atomic mass is 10.0. The van der Waals surface area contributed by atoms with Crippen LogP contribution in [0.2, 0.25) is 0 Å². The van der Waals surface area contributed by atoms with Crippen molar-refractivity contribution in [3.63, 3.8) is 0 Å². The van der Waals surface area contributed by atoms with E-state index in [0.29, 0.717) is 12.8 Å². The molecule has 0 aromatic heterocycles. The van der Waals surface area contributed by atoms with Crippen LogP contribution in [0, 0.1) is 0 Å². The molecule has 4 heteroatoms. The minimum absolute atomic E-state index is 0.570. The Hall–Kier alpha value is -1.13. The van der Waals surface area contributed by atoms with Crippen LogP contribution in [0.3, 0.4) is 0 Å². The second kappa shape index (κ2) is 31.8. The van der Waals surface area contributed by atoms with E-state index in [-0.39, 0.29) is 0 Å². The van der Waals surface area contributed by atoms with Crippen LogP contribution in [0.25, 0.3) is 0 Å². The molecule has 0 radical (unpaired) electrons. The standard InChI is InChI=1S/C37H68O3S/c1-3-5-7-9-11-13-15-17-19-21-23-25-27-29-31-33-35-37(41(38,39)40)36-34-32-30-28-26-24-22-20-18-16-14-12-10-8-6-4-2/h11-14,17-20,37H,3-10,15-16,21-36H2,1-2H3,(H,38,39,40). The molecule has 1 N–H and O–H groups in total. The van der Waals surface area contributed by atoms with E-state index in [1.165, 1.54) is 89.9 Å². The van der Waals surface area contributed by atoms with Gasteiger partial charge in [-0.3, -0.25) is 4.55 Å². The summed E-state index contributed by atoms with van der Waals surface area (Å²) in [7, 11) is -3.93. The lowest BCUT2D eigenvalue weighted by Crippen LogP contribution is -2.20. The van der Waals surface area contributed by atoms with Crippen molar-refractivity contribution in [3.8, 4) is 0 Å². The number of allylic oxidation sites excluding steroid dienone is 8. The van der Waals surface area contributed by atoms with Crippen molar-refractivity contribution in [2.75, 3.05) is 0 Å². The Balaban J connectivity index is 3.67. The molecule has 0 atom stereocenters. The second-order valence-electron chi connectivity index (χ2n) is 11.9. The smallest absolute Gasteiger partial charge is 0.267 e. The molecule has 41 heavy (non-hydrogen) atoms. The molecular formula is C37H68O3S. The van der Waals surface area contributed by atoms with Gasteiger partial charge in [0.1, 0.15) is 0 Å². The highest BCUT2D eigenvalue weighted by Crippen LogP contribution is 2.19. The Morgan fingerprint density at radius 1 is 0.439 bits per heavy atom. The minimum atomic E-state index is -3.93. The van der Waals surface area contributed by atoms with Crippen molar-refractivity contribution in [2.45, 2.75) is 186 Å². The Morgan fingerprint density at radius 2 is 0.732 bits per heavy atom. The molecule has 0 aromatic rings. The molecule has 0 aliphatic heterocycles. The fourth-order valence-electron chi connectivity index (χ4n) is 5.16. The highest BCUT2D eigenvalue weighted by molar-refractivity contribution is 7.86. The average Bonchev–Trinajstić information content (AvgIpc) is 2.95.